The Labute approximate surface area is 153 Å². The fourth-order valence-electron chi connectivity index (χ4n) is 3.55. The quantitative estimate of drug-likeness (QED) is 0.761. The molecule has 1 aliphatic rings. The third-order valence-corrected chi connectivity index (χ3v) is 4.95. The number of para-hydroxylation sites is 2. The average molecular weight is 349 g/mol. The minimum absolute atomic E-state index is 0.00215. The van der Waals surface area contributed by atoms with Gasteiger partial charge in [0, 0.05) is 6.54 Å². The fraction of sp³-hybridized carbons (Fsp3) is 0.333. The van der Waals surface area contributed by atoms with E-state index in [4.69, 9.17) is 9.72 Å². The van der Waals surface area contributed by atoms with Gasteiger partial charge in [-0.3, -0.25) is 4.79 Å². The number of aromatic nitrogens is 2. The van der Waals surface area contributed by atoms with Crippen LogP contribution in [0.1, 0.15) is 37.2 Å². The first-order valence-electron chi connectivity index (χ1n) is 9.13. The number of aromatic amines is 1. The number of benzene rings is 2. The highest BCUT2D eigenvalue weighted by molar-refractivity contribution is 5.81. The first-order valence-corrected chi connectivity index (χ1v) is 9.13. The minimum Gasteiger partial charge on any atom is -0.364 e. The predicted octanol–water partition coefficient (Wildman–Crippen LogP) is 3.83. The minimum atomic E-state index is -0.472. The highest BCUT2D eigenvalue weighted by Crippen LogP contribution is 2.32. The number of rotatable bonds is 5. The van der Waals surface area contributed by atoms with E-state index in [2.05, 4.69) is 4.98 Å². The van der Waals surface area contributed by atoms with Gasteiger partial charge in [-0.2, -0.15) is 0 Å². The maximum Gasteiger partial charge on any atom is 0.252 e. The molecular weight excluding hydrogens is 326 g/mol. The molecule has 0 saturated carbocycles. The molecular formula is C21H23N3O2. The Morgan fingerprint density at radius 2 is 2.00 bits per heavy atom. The Bertz CT molecular complexity index is 857. The molecule has 134 valence electrons. The van der Waals surface area contributed by atoms with Crippen LogP contribution in [-0.2, 0) is 16.1 Å². The van der Waals surface area contributed by atoms with Gasteiger partial charge in [-0.05, 0) is 37.5 Å². The zero-order valence-corrected chi connectivity index (χ0v) is 14.9. The maximum atomic E-state index is 12.9. The number of fused-ring (bicyclic) bond motifs is 1. The molecule has 26 heavy (non-hydrogen) atoms. The number of likely N-dealkylation sites (tertiary alicyclic amines) is 1. The molecule has 1 saturated heterocycles. The summed E-state index contributed by atoms with van der Waals surface area (Å²) in [4.78, 5) is 22.9. The number of carbonyl (C=O) groups excluding carboxylic acids is 1. The molecule has 0 unspecified atom stereocenters. The average Bonchev–Trinajstić information content (AvgIpc) is 3.32. The molecule has 2 aromatic carbocycles. The van der Waals surface area contributed by atoms with Crippen molar-refractivity contribution in [3.63, 3.8) is 0 Å². The van der Waals surface area contributed by atoms with Crippen LogP contribution in [0.15, 0.2) is 54.6 Å². The second-order valence-corrected chi connectivity index (χ2v) is 6.77. The van der Waals surface area contributed by atoms with Gasteiger partial charge in [0.05, 0.1) is 23.7 Å². The SMILES string of the molecule is C[C@@H](OCc1ccccc1)C(=O)N1CCC[C@@H]1c1nc2ccccc2[nH]1. The smallest absolute Gasteiger partial charge is 0.252 e. The molecule has 1 fully saturated rings. The largest absolute Gasteiger partial charge is 0.364 e. The van der Waals surface area contributed by atoms with Gasteiger partial charge in [0.1, 0.15) is 11.9 Å². The lowest BCUT2D eigenvalue weighted by Crippen LogP contribution is -2.38. The molecule has 2 heterocycles. The topological polar surface area (TPSA) is 58.2 Å². The van der Waals surface area contributed by atoms with Gasteiger partial charge < -0.3 is 14.6 Å². The lowest BCUT2D eigenvalue weighted by Gasteiger charge is -2.26. The van der Waals surface area contributed by atoms with E-state index in [9.17, 15) is 4.79 Å². The Hall–Kier alpha value is -2.66. The van der Waals surface area contributed by atoms with Gasteiger partial charge in [0.2, 0.25) is 0 Å². The normalized spacial score (nSPS) is 18.3. The lowest BCUT2D eigenvalue weighted by atomic mass is 10.2. The number of hydrogen-bond acceptors (Lipinski definition) is 3. The van der Waals surface area contributed by atoms with Crippen LogP contribution in [0.3, 0.4) is 0 Å². The summed E-state index contributed by atoms with van der Waals surface area (Å²) in [6.07, 6.45) is 1.44. The lowest BCUT2D eigenvalue weighted by molar-refractivity contribution is -0.144. The van der Waals surface area contributed by atoms with E-state index in [-0.39, 0.29) is 11.9 Å². The van der Waals surface area contributed by atoms with Crippen LogP contribution in [0.5, 0.6) is 0 Å². The van der Waals surface area contributed by atoms with E-state index in [1.165, 1.54) is 0 Å². The molecule has 5 nitrogen and oxygen atoms in total. The summed E-state index contributed by atoms with van der Waals surface area (Å²) in [6, 6.07) is 17.9. The zero-order chi connectivity index (χ0) is 17.9. The summed E-state index contributed by atoms with van der Waals surface area (Å²) in [5, 5.41) is 0. The molecule has 5 heteroatoms. The first kappa shape index (κ1) is 16.8. The summed E-state index contributed by atoms with van der Waals surface area (Å²) in [5.74, 6) is 0.899. The van der Waals surface area contributed by atoms with Crippen molar-refractivity contribution in [2.45, 2.75) is 38.5 Å². The Morgan fingerprint density at radius 1 is 1.23 bits per heavy atom. The summed E-state index contributed by atoms with van der Waals surface area (Å²) in [7, 11) is 0. The van der Waals surface area contributed by atoms with E-state index in [1.54, 1.807) is 0 Å². The van der Waals surface area contributed by atoms with E-state index in [1.807, 2.05) is 66.4 Å². The first-order chi connectivity index (χ1) is 12.7. The molecule has 2 atom stereocenters. The molecule has 1 N–H and O–H groups in total. The molecule has 3 aromatic rings. The number of carbonyl (C=O) groups is 1. The molecule has 0 radical (unpaired) electrons. The van der Waals surface area contributed by atoms with Crippen molar-refractivity contribution in [1.29, 1.82) is 0 Å². The second kappa shape index (κ2) is 7.30. The van der Waals surface area contributed by atoms with Crippen LogP contribution in [0.2, 0.25) is 0 Å². The second-order valence-electron chi connectivity index (χ2n) is 6.77. The summed E-state index contributed by atoms with van der Waals surface area (Å²) < 4.78 is 5.82. The zero-order valence-electron chi connectivity index (χ0n) is 14.9. The van der Waals surface area contributed by atoms with Crippen LogP contribution >= 0.6 is 0 Å². The van der Waals surface area contributed by atoms with E-state index < -0.39 is 6.10 Å². The van der Waals surface area contributed by atoms with Gasteiger partial charge >= 0.3 is 0 Å². The maximum absolute atomic E-state index is 12.9. The van der Waals surface area contributed by atoms with E-state index in [0.29, 0.717) is 6.61 Å². The van der Waals surface area contributed by atoms with Crippen LogP contribution in [0.4, 0.5) is 0 Å². The van der Waals surface area contributed by atoms with Crippen LogP contribution in [0.25, 0.3) is 11.0 Å². The summed E-state index contributed by atoms with van der Waals surface area (Å²) in [6.45, 7) is 3.02. The molecule has 1 aromatic heterocycles. The van der Waals surface area contributed by atoms with Crippen molar-refractivity contribution in [3.05, 3.63) is 66.0 Å². The predicted molar refractivity (Wildman–Crippen MR) is 100 cm³/mol. The van der Waals surface area contributed by atoms with Crippen LogP contribution in [0, 0.1) is 0 Å². The molecule has 1 aliphatic heterocycles. The van der Waals surface area contributed by atoms with E-state index in [0.717, 1.165) is 41.8 Å². The number of ether oxygens (including phenoxy) is 1. The van der Waals surface area contributed by atoms with E-state index >= 15 is 0 Å². The van der Waals surface area contributed by atoms with Gasteiger partial charge in [-0.1, -0.05) is 42.5 Å². The molecule has 0 bridgehead atoms. The summed E-state index contributed by atoms with van der Waals surface area (Å²) >= 11 is 0. The highest BCUT2D eigenvalue weighted by Gasteiger charge is 2.34. The fourth-order valence-corrected chi connectivity index (χ4v) is 3.55. The molecule has 0 aliphatic carbocycles. The number of nitrogens with one attached hydrogen (secondary N) is 1. The third kappa shape index (κ3) is 3.35. The van der Waals surface area contributed by atoms with Crippen molar-refractivity contribution in [2.24, 2.45) is 0 Å². The Morgan fingerprint density at radius 3 is 2.81 bits per heavy atom. The number of imidazole rings is 1. The van der Waals surface area contributed by atoms with Crippen LogP contribution < -0.4 is 0 Å². The highest BCUT2D eigenvalue weighted by atomic mass is 16.5. The number of hydrogen-bond donors (Lipinski definition) is 1. The standard InChI is InChI=1S/C21H23N3O2/c1-15(26-14-16-8-3-2-4-9-16)21(25)24-13-7-12-19(24)20-22-17-10-5-6-11-18(17)23-20/h2-6,8-11,15,19H,7,12-14H2,1H3,(H,22,23)/t15-,19-/m1/s1. The van der Waals surface area contributed by atoms with Gasteiger partial charge in [0.15, 0.2) is 0 Å². The Balaban J connectivity index is 1.45. The molecule has 0 spiro atoms. The van der Waals surface area contributed by atoms with Gasteiger partial charge in [0.25, 0.3) is 5.91 Å². The van der Waals surface area contributed by atoms with Crippen molar-refractivity contribution >= 4 is 16.9 Å². The number of nitrogens with zero attached hydrogens (tertiary/aromatic N) is 2. The molecule has 1 amide bonds. The number of amides is 1. The van der Waals surface area contributed by atoms with Gasteiger partial charge in [-0.25, -0.2) is 4.98 Å². The monoisotopic (exact) mass is 349 g/mol. The van der Waals surface area contributed by atoms with Crippen molar-refractivity contribution < 1.29 is 9.53 Å². The van der Waals surface area contributed by atoms with Crippen molar-refractivity contribution in [1.82, 2.24) is 14.9 Å². The summed E-state index contributed by atoms with van der Waals surface area (Å²) in [5.41, 5.74) is 3.02. The van der Waals surface area contributed by atoms with Crippen molar-refractivity contribution in [3.8, 4) is 0 Å². The van der Waals surface area contributed by atoms with Gasteiger partial charge in [-0.15, -0.1) is 0 Å². The van der Waals surface area contributed by atoms with Crippen molar-refractivity contribution in [2.75, 3.05) is 6.54 Å². The number of H-pyrrole nitrogens is 1. The van der Waals surface area contributed by atoms with Crippen LogP contribution in [-0.4, -0.2) is 33.4 Å². The Kier molecular flexibility index (Phi) is 4.71. The third-order valence-electron chi connectivity index (χ3n) is 4.95. The molecule has 4 rings (SSSR count).